The van der Waals surface area contributed by atoms with E-state index in [1.54, 1.807) is 74.9 Å². The number of methoxy groups -OCH3 is 2. The molecule has 5 aromatic carbocycles. The highest BCUT2D eigenvalue weighted by Gasteiger charge is 2.24. The van der Waals surface area contributed by atoms with Gasteiger partial charge in [0.15, 0.2) is 16.6 Å². The first kappa shape index (κ1) is 37.8. The van der Waals surface area contributed by atoms with Gasteiger partial charge < -0.3 is 25.4 Å². The Kier molecular flexibility index (Phi) is 12.4. The molecule has 272 valence electrons. The third-order valence-corrected chi connectivity index (χ3v) is 10.3. The van der Waals surface area contributed by atoms with Crippen LogP contribution in [0.25, 0.3) is 17.3 Å². The molecular weight excluding hydrogens is 747 g/mol. The molecular formula is C41H32ClFN4O5S2. The van der Waals surface area contributed by atoms with Crippen molar-refractivity contribution in [1.29, 1.82) is 0 Å². The first-order valence-corrected chi connectivity index (χ1v) is 18.5. The Hall–Kier alpha value is -5.95. The van der Waals surface area contributed by atoms with E-state index in [2.05, 4.69) is 20.9 Å². The van der Waals surface area contributed by atoms with Crippen molar-refractivity contribution in [3.05, 3.63) is 160 Å². The minimum absolute atomic E-state index is 0.0513. The predicted octanol–water partition coefficient (Wildman–Crippen LogP) is 9.50. The Morgan fingerprint density at radius 3 is 2.22 bits per heavy atom. The molecule has 0 radical (unpaired) electrons. The highest BCUT2D eigenvalue weighted by Crippen LogP contribution is 2.38. The van der Waals surface area contributed by atoms with E-state index in [-0.39, 0.29) is 22.2 Å². The van der Waals surface area contributed by atoms with E-state index in [1.807, 2.05) is 47.8 Å². The van der Waals surface area contributed by atoms with E-state index in [4.69, 9.17) is 21.1 Å². The topological polar surface area (TPSA) is 119 Å². The van der Waals surface area contributed by atoms with Crippen LogP contribution in [0.1, 0.15) is 26.7 Å². The van der Waals surface area contributed by atoms with E-state index < -0.39 is 22.9 Å². The summed E-state index contributed by atoms with van der Waals surface area (Å²) in [5.41, 5.74) is 2.70. The number of hydrogen-bond acceptors (Lipinski definition) is 8. The van der Waals surface area contributed by atoms with Gasteiger partial charge in [0.05, 0.1) is 24.9 Å². The van der Waals surface area contributed by atoms with Crippen LogP contribution >= 0.6 is 34.7 Å². The zero-order valence-electron chi connectivity index (χ0n) is 28.8. The molecule has 0 fully saturated rings. The zero-order chi connectivity index (χ0) is 38.0. The number of hydrogen-bond donors (Lipinski definition) is 3. The summed E-state index contributed by atoms with van der Waals surface area (Å²) in [5, 5.41) is 10.0. The van der Waals surface area contributed by atoms with Crippen LogP contribution in [0.4, 0.5) is 15.2 Å². The monoisotopic (exact) mass is 778 g/mol. The highest BCUT2D eigenvalue weighted by atomic mass is 35.5. The normalized spacial score (nSPS) is 11.7. The summed E-state index contributed by atoms with van der Waals surface area (Å²) in [6.45, 7) is 0. The van der Waals surface area contributed by atoms with Crippen molar-refractivity contribution >= 4 is 69.3 Å². The smallest absolute Gasteiger partial charge is 0.272 e. The number of aromatic nitrogens is 1. The van der Waals surface area contributed by atoms with Crippen LogP contribution in [-0.4, -0.2) is 36.9 Å². The molecule has 0 saturated carbocycles. The molecule has 3 amide bonds. The van der Waals surface area contributed by atoms with Gasteiger partial charge in [0, 0.05) is 32.7 Å². The number of carbonyl (C=O) groups excluding carboxylic acids is 3. The second kappa shape index (κ2) is 17.7. The summed E-state index contributed by atoms with van der Waals surface area (Å²) in [6.07, 6.45) is 1.19. The molecule has 1 atom stereocenters. The van der Waals surface area contributed by atoms with E-state index in [1.165, 1.54) is 47.4 Å². The van der Waals surface area contributed by atoms with E-state index in [0.717, 1.165) is 16.0 Å². The number of carbonyl (C=O) groups is 3. The molecule has 0 aliphatic rings. The minimum atomic E-state index is -0.698. The largest absolute Gasteiger partial charge is 0.493 e. The van der Waals surface area contributed by atoms with Gasteiger partial charge in [0.25, 0.3) is 11.8 Å². The Morgan fingerprint density at radius 1 is 0.833 bits per heavy atom. The molecule has 6 rings (SSSR count). The lowest BCUT2D eigenvalue weighted by Gasteiger charge is -2.17. The minimum Gasteiger partial charge on any atom is -0.493 e. The summed E-state index contributed by atoms with van der Waals surface area (Å²) < 4.78 is 25.5. The SMILES string of the molecule is COc1ccc(-c2csc(NC(=O)C(Sc3ccc(NC(=O)/C(=C/c4c(F)cccc4Cl)NC(=O)c4ccccc4)cc3)c3ccccc3)n2)cc1OC. The lowest BCUT2D eigenvalue weighted by molar-refractivity contribution is -0.116. The van der Waals surface area contributed by atoms with Crippen molar-refractivity contribution in [2.24, 2.45) is 0 Å². The first-order valence-electron chi connectivity index (χ1n) is 16.4. The molecule has 1 heterocycles. The van der Waals surface area contributed by atoms with E-state index in [0.29, 0.717) is 33.6 Å². The van der Waals surface area contributed by atoms with Crippen LogP contribution in [0.3, 0.4) is 0 Å². The maximum Gasteiger partial charge on any atom is 0.272 e. The molecule has 54 heavy (non-hydrogen) atoms. The summed E-state index contributed by atoms with van der Waals surface area (Å²) in [6, 6.07) is 34.2. The van der Waals surface area contributed by atoms with Gasteiger partial charge in [0.2, 0.25) is 5.91 Å². The van der Waals surface area contributed by atoms with Gasteiger partial charge in [-0.15, -0.1) is 23.1 Å². The number of nitrogens with zero attached hydrogens (tertiary/aromatic N) is 1. The summed E-state index contributed by atoms with van der Waals surface area (Å²) >= 11 is 8.87. The van der Waals surface area contributed by atoms with Gasteiger partial charge in [-0.05, 0) is 78.4 Å². The third-order valence-electron chi connectivity index (χ3n) is 7.94. The molecule has 13 heteroatoms. The van der Waals surface area contributed by atoms with Crippen LogP contribution in [0.2, 0.25) is 5.02 Å². The molecule has 0 aliphatic heterocycles. The van der Waals surface area contributed by atoms with Crippen LogP contribution in [0.5, 0.6) is 11.5 Å². The Labute approximate surface area is 324 Å². The Morgan fingerprint density at radius 2 is 1.54 bits per heavy atom. The molecule has 9 nitrogen and oxygen atoms in total. The molecule has 6 aromatic rings. The van der Waals surface area contributed by atoms with Crippen LogP contribution in [0.15, 0.2) is 137 Å². The van der Waals surface area contributed by atoms with Gasteiger partial charge in [-0.2, -0.15) is 0 Å². The van der Waals surface area contributed by atoms with Crippen LogP contribution in [0, 0.1) is 5.82 Å². The average molecular weight is 779 g/mol. The van der Waals surface area contributed by atoms with Crippen molar-refractivity contribution in [2.45, 2.75) is 10.1 Å². The Bertz CT molecular complexity index is 2280. The summed E-state index contributed by atoms with van der Waals surface area (Å²) in [4.78, 5) is 45.7. The van der Waals surface area contributed by atoms with Gasteiger partial charge in [0.1, 0.15) is 16.8 Å². The second-order valence-electron chi connectivity index (χ2n) is 11.5. The number of thioether (sulfide) groups is 1. The number of thiazole rings is 1. The molecule has 3 N–H and O–H groups in total. The lowest BCUT2D eigenvalue weighted by atomic mass is 10.1. The van der Waals surface area contributed by atoms with Crippen molar-refractivity contribution in [2.75, 3.05) is 24.9 Å². The lowest BCUT2D eigenvalue weighted by Crippen LogP contribution is -2.30. The molecule has 0 aliphatic carbocycles. The number of ether oxygens (including phenoxy) is 2. The second-order valence-corrected chi connectivity index (χ2v) is 13.9. The van der Waals surface area contributed by atoms with Crippen LogP contribution in [-0.2, 0) is 9.59 Å². The maximum atomic E-state index is 14.7. The van der Waals surface area contributed by atoms with Gasteiger partial charge in [-0.25, -0.2) is 9.37 Å². The van der Waals surface area contributed by atoms with Crippen molar-refractivity contribution in [3.8, 4) is 22.8 Å². The number of benzene rings is 5. The number of nitrogens with one attached hydrogen (secondary N) is 3. The number of halogens is 2. The molecule has 0 saturated heterocycles. The predicted molar refractivity (Wildman–Crippen MR) is 213 cm³/mol. The van der Waals surface area contributed by atoms with Crippen LogP contribution < -0.4 is 25.4 Å². The molecule has 0 bridgehead atoms. The number of amides is 3. The van der Waals surface area contributed by atoms with E-state index in [9.17, 15) is 18.8 Å². The standard InChI is InChI=1S/C41H32ClFN4O5S2/c1-51-35-21-16-27(22-36(35)52-2)34-24-53-41(46-34)47-40(50)37(25-10-5-3-6-11-25)54-29-19-17-28(18-20-29)44-39(49)33(23-30-31(42)14-9-15-32(30)43)45-38(48)26-12-7-4-8-13-26/h3-24,37H,1-2H3,(H,44,49)(H,45,48)(H,46,47,50)/b33-23-. The number of anilines is 2. The summed E-state index contributed by atoms with van der Waals surface area (Å²) in [5.74, 6) is -1.02. The maximum absolute atomic E-state index is 14.7. The average Bonchev–Trinajstić information content (AvgIpc) is 3.67. The fourth-order valence-electron chi connectivity index (χ4n) is 5.22. The van der Waals surface area contributed by atoms with Crippen molar-refractivity contribution in [3.63, 3.8) is 0 Å². The van der Waals surface area contributed by atoms with Gasteiger partial charge in [-0.1, -0.05) is 66.2 Å². The quantitative estimate of drug-likeness (QED) is 0.0790. The van der Waals surface area contributed by atoms with Crippen molar-refractivity contribution < 1.29 is 28.2 Å². The number of rotatable bonds is 13. The van der Waals surface area contributed by atoms with Gasteiger partial charge in [-0.3, -0.25) is 14.4 Å². The van der Waals surface area contributed by atoms with E-state index >= 15 is 0 Å². The molecule has 1 aromatic heterocycles. The Balaban J connectivity index is 1.18. The molecule has 0 spiro atoms. The first-order chi connectivity index (χ1) is 26.2. The third kappa shape index (κ3) is 9.34. The molecule has 1 unspecified atom stereocenters. The van der Waals surface area contributed by atoms with Crippen molar-refractivity contribution in [1.82, 2.24) is 10.3 Å². The van der Waals surface area contributed by atoms with Gasteiger partial charge >= 0.3 is 0 Å². The zero-order valence-corrected chi connectivity index (χ0v) is 31.2. The summed E-state index contributed by atoms with van der Waals surface area (Å²) in [7, 11) is 3.13. The fraction of sp³-hybridized carbons (Fsp3) is 0.0732. The highest BCUT2D eigenvalue weighted by molar-refractivity contribution is 8.00. The fourth-order valence-corrected chi connectivity index (χ4v) is 7.18.